The number of nitrogens with zero attached hydrogens (tertiary/aromatic N) is 4. The third kappa shape index (κ3) is 2.75. The maximum Gasteiger partial charge on any atom is 0.137 e. The summed E-state index contributed by atoms with van der Waals surface area (Å²) >= 11 is 0. The third-order valence-corrected chi connectivity index (χ3v) is 6.05. The summed E-state index contributed by atoms with van der Waals surface area (Å²) in [6, 6.07) is 10.3. The smallest absolute Gasteiger partial charge is 0.137 e. The summed E-state index contributed by atoms with van der Waals surface area (Å²) < 4.78 is 15.1. The van der Waals surface area contributed by atoms with Crippen molar-refractivity contribution in [3.8, 4) is 0 Å². The van der Waals surface area contributed by atoms with Crippen LogP contribution >= 0.6 is 0 Å². The fourth-order valence-electron chi connectivity index (χ4n) is 4.15. The van der Waals surface area contributed by atoms with Crippen LogP contribution in [0.15, 0.2) is 55.2 Å². The Hall–Kier alpha value is -2.60. The Balaban J connectivity index is 1.57. The van der Waals surface area contributed by atoms with Gasteiger partial charge < -0.3 is 5.11 Å². The average molecular weight is 364 g/mol. The van der Waals surface area contributed by atoms with E-state index in [0.29, 0.717) is 11.5 Å². The van der Waals surface area contributed by atoms with Crippen LogP contribution in [0.4, 0.5) is 4.39 Å². The van der Waals surface area contributed by atoms with Crippen molar-refractivity contribution in [2.75, 3.05) is 0 Å². The maximum atomic E-state index is 13.5. The van der Waals surface area contributed by atoms with Gasteiger partial charge in [-0.1, -0.05) is 18.2 Å². The predicted octanol–water partition coefficient (Wildman–Crippen LogP) is 3.31. The zero-order valence-electron chi connectivity index (χ0n) is 14.9. The summed E-state index contributed by atoms with van der Waals surface area (Å²) in [6.45, 7) is 0.241. The molecule has 1 atom stereocenters. The van der Waals surface area contributed by atoms with Gasteiger partial charge in [0.25, 0.3) is 0 Å². The van der Waals surface area contributed by atoms with Crippen LogP contribution in [0, 0.1) is 5.82 Å². The number of hydrogen-bond donors (Lipinski definition) is 1. The molecule has 5 rings (SSSR count). The van der Waals surface area contributed by atoms with Crippen molar-refractivity contribution in [1.29, 1.82) is 0 Å². The lowest BCUT2D eigenvalue weighted by atomic mass is 9.76. The van der Waals surface area contributed by atoms with Crippen LogP contribution in [0.3, 0.4) is 0 Å². The molecule has 2 heterocycles. The lowest BCUT2D eigenvalue weighted by Crippen LogP contribution is -2.44. The first-order chi connectivity index (χ1) is 13.1. The Morgan fingerprint density at radius 2 is 1.93 bits per heavy atom. The van der Waals surface area contributed by atoms with Crippen molar-refractivity contribution in [3.05, 3.63) is 77.9 Å². The SMILES string of the molecule is OC(Cn1cncn1)(c1ccc(F)cc1)C1(c2ccc(C3CC3)cn2)CC1. The van der Waals surface area contributed by atoms with E-state index in [-0.39, 0.29) is 12.4 Å². The minimum atomic E-state index is -1.25. The topological polar surface area (TPSA) is 63.8 Å². The second-order valence-corrected chi connectivity index (χ2v) is 7.79. The molecule has 6 heteroatoms. The molecule has 2 aliphatic rings. The number of aliphatic hydroxyl groups is 1. The van der Waals surface area contributed by atoms with Crippen LogP contribution in [0.5, 0.6) is 0 Å². The fraction of sp³-hybridized carbons (Fsp3) is 0.381. The first-order valence-electron chi connectivity index (χ1n) is 9.38. The quantitative estimate of drug-likeness (QED) is 0.729. The second-order valence-electron chi connectivity index (χ2n) is 7.79. The molecule has 1 unspecified atom stereocenters. The Morgan fingerprint density at radius 3 is 2.48 bits per heavy atom. The van der Waals surface area contributed by atoms with Gasteiger partial charge in [0, 0.05) is 17.3 Å². The number of benzene rings is 1. The van der Waals surface area contributed by atoms with Crippen molar-refractivity contribution >= 4 is 0 Å². The van der Waals surface area contributed by atoms with Crippen LogP contribution < -0.4 is 0 Å². The molecule has 2 aromatic heterocycles. The van der Waals surface area contributed by atoms with Crippen molar-refractivity contribution in [2.45, 2.75) is 49.2 Å². The number of pyridine rings is 1. The van der Waals surface area contributed by atoms with Crippen LogP contribution in [-0.2, 0) is 17.6 Å². The van der Waals surface area contributed by atoms with Gasteiger partial charge >= 0.3 is 0 Å². The second kappa shape index (κ2) is 5.96. The van der Waals surface area contributed by atoms with E-state index in [4.69, 9.17) is 4.98 Å². The van der Waals surface area contributed by atoms with Gasteiger partial charge in [0.15, 0.2) is 0 Å². The zero-order valence-corrected chi connectivity index (χ0v) is 14.9. The van der Waals surface area contributed by atoms with Gasteiger partial charge in [-0.3, -0.25) is 4.98 Å². The Morgan fingerprint density at radius 1 is 1.15 bits per heavy atom. The summed E-state index contributed by atoms with van der Waals surface area (Å²) in [7, 11) is 0. The summed E-state index contributed by atoms with van der Waals surface area (Å²) in [6.07, 6.45) is 9.11. The minimum Gasteiger partial charge on any atom is -0.382 e. The van der Waals surface area contributed by atoms with E-state index in [1.807, 2.05) is 6.20 Å². The molecule has 27 heavy (non-hydrogen) atoms. The lowest BCUT2D eigenvalue weighted by molar-refractivity contribution is -0.0260. The Kier molecular flexibility index (Phi) is 3.65. The Labute approximate surface area is 156 Å². The molecule has 0 bridgehead atoms. The van der Waals surface area contributed by atoms with Gasteiger partial charge in [0.05, 0.1) is 6.54 Å². The molecular formula is C21H21FN4O. The molecule has 0 radical (unpaired) electrons. The fourth-order valence-corrected chi connectivity index (χ4v) is 4.15. The maximum absolute atomic E-state index is 13.5. The molecule has 2 fully saturated rings. The summed E-state index contributed by atoms with van der Waals surface area (Å²) in [5, 5.41) is 16.1. The van der Waals surface area contributed by atoms with Gasteiger partial charge in [-0.05, 0) is 60.9 Å². The van der Waals surface area contributed by atoms with E-state index in [1.165, 1.54) is 36.9 Å². The van der Waals surface area contributed by atoms with E-state index >= 15 is 0 Å². The molecule has 5 nitrogen and oxygen atoms in total. The van der Waals surface area contributed by atoms with Gasteiger partial charge in [-0.2, -0.15) is 5.10 Å². The highest BCUT2D eigenvalue weighted by molar-refractivity contribution is 5.39. The molecule has 2 aliphatic carbocycles. The van der Waals surface area contributed by atoms with E-state index in [2.05, 4.69) is 22.2 Å². The van der Waals surface area contributed by atoms with E-state index < -0.39 is 11.0 Å². The first kappa shape index (κ1) is 16.6. The van der Waals surface area contributed by atoms with Gasteiger partial charge in [-0.25, -0.2) is 14.1 Å². The van der Waals surface area contributed by atoms with Crippen molar-refractivity contribution in [1.82, 2.24) is 19.7 Å². The van der Waals surface area contributed by atoms with Gasteiger partial charge in [0.1, 0.15) is 24.1 Å². The normalized spacial score (nSPS) is 20.2. The molecule has 138 valence electrons. The van der Waals surface area contributed by atoms with Crippen molar-refractivity contribution in [2.24, 2.45) is 0 Å². The van der Waals surface area contributed by atoms with Crippen LogP contribution in [-0.4, -0.2) is 24.9 Å². The molecule has 0 spiro atoms. The number of hydrogen-bond acceptors (Lipinski definition) is 4. The number of rotatable bonds is 6. The third-order valence-electron chi connectivity index (χ3n) is 6.05. The monoisotopic (exact) mass is 364 g/mol. The number of halogens is 1. The van der Waals surface area contributed by atoms with Gasteiger partial charge in [-0.15, -0.1) is 0 Å². The molecular weight excluding hydrogens is 343 g/mol. The van der Waals surface area contributed by atoms with Gasteiger partial charge in [0.2, 0.25) is 0 Å². The molecule has 1 N–H and O–H groups in total. The van der Waals surface area contributed by atoms with Crippen molar-refractivity contribution in [3.63, 3.8) is 0 Å². The largest absolute Gasteiger partial charge is 0.382 e. The van der Waals surface area contributed by atoms with E-state index in [1.54, 1.807) is 23.1 Å². The standard InChI is InChI=1S/C21H21FN4O/c22-18-6-4-17(5-7-18)21(27,12-26-14-23-13-25-26)20(9-10-20)19-8-3-16(11-24-19)15-1-2-15/h3-8,11,13-15,27H,1-2,9-10,12H2. The highest BCUT2D eigenvalue weighted by Crippen LogP contribution is 2.59. The van der Waals surface area contributed by atoms with Crippen LogP contribution in [0.2, 0.25) is 0 Å². The van der Waals surface area contributed by atoms with E-state index in [9.17, 15) is 9.50 Å². The predicted molar refractivity (Wildman–Crippen MR) is 97.4 cm³/mol. The number of aromatic nitrogens is 4. The summed E-state index contributed by atoms with van der Waals surface area (Å²) in [5.74, 6) is 0.325. The summed E-state index contributed by atoms with van der Waals surface area (Å²) in [4.78, 5) is 8.73. The van der Waals surface area contributed by atoms with Crippen LogP contribution in [0.1, 0.15) is 48.4 Å². The first-order valence-corrected chi connectivity index (χ1v) is 9.38. The van der Waals surface area contributed by atoms with Crippen molar-refractivity contribution < 1.29 is 9.50 Å². The molecule has 0 amide bonds. The van der Waals surface area contributed by atoms with E-state index in [0.717, 1.165) is 18.5 Å². The van der Waals surface area contributed by atoms with Crippen LogP contribution in [0.25, 0.3) is 0 Å². The molecule has 1 aromatic carbocycles. The highest BCUT2D eigenvalue weighted by atomic mass is 19.1. The minimum absolute atomic E-state index is 0.241. The molecule has 0 aliphatic heterocycles. The molecule has 0 saturated heterocycles. The summed E-state index contributed by atoms with van der Waals surface area (Å²) in [5.41, 5.74) is 1.08. The molecule has 3 aromatic rings. The molecule has 2 saturated carbocycles. The highest BCUT2D eigenvalue weighted by Gasteiger charge is 2.61. The Bertz CT molecular complexity index is 931. The average Bonchev–Trinajstić information content (AvgIpc) is 3.61. The lowest BCUT2D eigenvalue weighted by Gasteiger charge is -2.37. The zero-order chi connectivity index (χ0) is 18.5.